The van der Waals surface area contributed by atoms with Gasteiger partial charge in [0.1, 0.15) is 23.9 Å². The molecule has 0 spiro atoms. The molecule has 3 rings (SSSR count). The predicted octanol–water partition coefficient (Wildman–Crippen LogP) is 3.04. The van der Waals surface area contributed by atoms with Crippen molar-refractivity contribution in [3.8, 4) is 5.75 Å². The molecule has 0 aliphatic carbocycles. The minimum absolute atomic E-state index is 0.153. The smallest absolute Gasteiger partial charge is 0.251 e. The lowest BCUT2D eigenvalue weighted by Crippen LogP contribution is -2.36. The number of hydrogen-bond acceptors (Lipinski definition) is 4. The molecule has 144 valence electrons. The lowest BCUT2D eigenvalue weighted by atomic mass is 10.2. The topological polar surface area (TPSA) is 80.6 Å². The Hall–Kier alpha value is -3.61. The first-order chi connectivity index (χ1) is 13.6. The van der Waals surface area contributed by atoms with Gasteiger partial charge in [-0.15, -0.1) is 0 Å². The summed E-state index contributed by atoms with van der Waals surface area (Å²) in [7, 11) is 0. The second-order valence-electron chi connectivity index (χ2n) is 5.98. The molecule has 3 aromatic rings. The van der Waals surface area contributed by atoms with Gasteiger partial charge in [-0.3, -0.25) is 9.59 Å². The molecular formula is C21H19FN2O4. The monoisotopic (exact) mass is 382 g/mol. The van der Waals surface area contributed by atoms with Crippen molar-refractivity contribution in [2.24, 2.45) is 0 Å². The molecule has 1 heterocycles. The molecule has 0 fully saturated rings. The molecule has 6 nitrogen and oxygen atoms in total. The van der Waals surface area contributed by atoms with Gasteiger partial charge in [0, 0.05) is 5.56 Å². The van der Waals surface area contributed by atoms with E-state index in [1.165, 1.54) is 18.4 Å². The van der Waals surface area contributed by atoms with Crippen molar-refractivity contribution < 1.29 is 23.1 Å². The number of amides is 2. The van der Waals surface area contributed by atoms with E-state index in [2.05, 4.69) is 10.6 Å². The highest BCUT2D eigenvalue weighted by Gasteiger charge is 2.09. The van der Waals surface area contributed by atoms with Gasteiger partial charge in [0.25, 0.3) is 5.91 Å². The number of hydrogen-bond donors (Lipinski definition) is 2. The maximum atomic E-state index is 12.9. The molecule has 2 aromatic carbocycles. The van der Waals surface area contributed by atoms with Gasteiger partial charge in [0.05, 0.1) is 19.4 Å². The van der Waals surface area contributed by atoms with Gasteiger partial charge in [-0.1, -0.05) is 18.2 Å². The molecular weight excluding hydrogens is 363 g/mol. The van der Waals surface area contributed by atoms with Crippen LogP contribution in [0.5, 0.6) is 5.75 Å². The summed E-state index contributed by atoms with van der Waals surface area (Å²) in [5.41, 5.74) is 1.18. The van der Waals surface area contributed by atoms with E-state index in [0.717, 1.165) is 5.56 Å². The summed E-state index contributed by atoms with van der Waals surface area (Å²) in [5.74, 6) is 0.106. The minimum atomic E-state index is -0.389. The van der Waals surface area contributed by atoms with Crippen LogP contribution in [0.1, 0.15) is 21.7 Å². The number of carbonyl (C=O) groups is 2. The van der Waals surface area contributed by atoms with Gasteiger partial charge in [-0.25, -0.2) is 4.39 Å². The van der Waals surface area contributed by atoms with E-state index in [4.69, 9.17) is 9.15 Å². The van der Waals surface area contributed by atoms with Crippen LogP contribution < -0.4 is 15.4 Å². The normalized spacial score (nSPS) is 10.3. The van der Waals surface area contributed by atoms with Gasteiger partial charge < -0.3 is 19.8 Å². The third-order valence-electron chi connectivity index (χ3n) is 3.86. The van der Waals surface area contributed by atoms with Crippen LogP contribution in [0.2, 0.25) is 0 Å². The Morgan fingerprint density at radius 1 is 1.00 bits per heavy atom. The van der Waals surface area contributed by atoms with Crippen LogP contribution in [-0.4, -0.2) is 18.4 Å². The number of furan rings is 1. The van der Waals surface area contributed by atoms with Gasteiger partial charge in [-0.2, -0.15) is 0 Å². The third kappa shape index (κ3) is 5.70. The van der Waals surface area contributed by atoms with Crippen molar-refractivity contribution in [2.75, 3.05) is 6.54 Å². The molecule has 2 N–H and O–H groups in total. The average Bonchev–Trinajstić information content (AvgIpc) is 3.24. The summed E-state index contributed by atoms with van der Waals surface area (Å²) in [4.78, 5) is 24.0. The number of nitrogens with one attached hydrogen (secondary N) is 2. The predicted molar refractivity (Wildman–Crippen MR) is 100 cm³/mol. The lowest BCUT2D eigenvalue weighted by Gasteiger charge is -2.09. The highest BCUT2D eigenvalue weighted by Crippen LogP contribution is 2.15. The molecule has 0 saturated carbocycles. The average molecular weight is 382 g/mol. The van der Waals surface area contributed by atoms with Crippen LogP contribution in [0.25, 0.3) is 0 Å². The van der Waals surface area contributed by atoms with E-state index in [1.54, 1.807) is 48.5 Å². The molecule has 7 heteroatoms. The van der Waals surface area contributed by atoms with Gasteiger partial charge in [0.15, 0.2) is 0 Å². The molecule has 2 amide bonds. The van der Waals surface area contributed by atoms with Crippen molar-refractivity contribution in [1.82, 2.24) is 10.6 Å². The number of rotatable bonds is 8. The summed E-state index contributed by atoms with van der Waals surface area (Å²) >= 11 is 0. The van der Waals surface area contributed by atoms with Crippen molar-refractivity contribution in [1.29, 1.82) is 0 Å². The number of benzene rings is 2. The van der Waals surface area contributed by atoms with Crippen LogP contribution in [0.15, 0.2) is 71.3 Å². The van der Waals surface area contributed by atoms with Crippen LogP contribution in [-0.2, 0) is 17.9 Å². The summed E-state index contributed by atoms with van der Waals surface area (Å²) in [6, 6.07) is 16.1. The maximum Gasteiger partial charge on any atom is 0.251 e. The van der Waals surface area contributed by atoms with E-state index < -0.39 is 0 Å². The summed E-state index contributed by atoms with van der Waals surface area (Å²) in [6.45, 7) is 0.356. The van der Waals surface area contributed by atoms with Gasteiger partial charge >= 0.3 is 0 Å². The largest absolute Gasteiger partial charge is 0.489 e. The fourth-order valence-corrected chi connectivity index (χ4v) is 2.40. The van der Waals surface area contributed by atoms with E-state index in [9.17, 15) is 14.0 Å². The second-order valence-corrected chi connectivity index (χ2v) is 5.98. The Morgan fingerprint density at radius 3 is 2.57 bits per heavy atom. The Bertz CT molecular complexity index is 924. The molecule has 0 radical (unpaired) electrons. The first-order valence-electron chi connectivity index (χ1n) is 8.65. The Kier molecular flexibility index (Phi) is 6.41. The summed E-state index contributed by atoms with van der Waals surface area (Å²) < 4.78 is 23.7. The maximum absolute atomic E-state index is 12.9. The standard InChI is InChI=1S/C21H19FN2O4/c22-17-8-6-15(7-9-17)14-28-18-4-1-3-16(11-18)21(26)24-13-20(25)23-12-19-5-2-10-27-19/h1-11H,12-14H2,(H,23,25)(H,24,26). The zero-order valence-corrected chi connectivity index (χ0v) is 15.0. The van der Waals surface area contributed by atoms with Crippen molar-refractivity contribution >= 4 is 11.8 Å². The Labute approximate surface area is 161 Å². The lowest BCUT2D eigenvalue weighted by molar-refractivity contribution is -0.120. The van der Waals surface area contributed by atoms with E-state index in [1.807, 2.05) is 0 Å². The van der Waals surface area contributed by atoms with Crippen molar-refractivity contribution in [3.05, 3.63) is 89.6 Å². The zero-order chi connectivity index (χ0) is 19.8. The Balaban J connectivity index is 1.47. The van der Waals surface area contributed by atoms with Crippen LogP contribution in [0.3, 0.4) is 0 Å². The number of halogens is 1. The first-order valence-corrected chi connectivity index (χ1v) is 8.65. The van der Waals surface area contributed by atoms with Crippen LogP contribution in [0.4, 0.5) is 4.39 Å². The second kappa shape index (κ2) is 9.36. The molecule has 0 aliphatic heterocycles. The number of carbonyl (C=O) groups excluding carboxylic acids is 2. The fourth-order valence-electron chi connectivity index (χ4n) is 2.40. The van der Waals surface area contributed by atoms with E-state index in [0.29, 0.717) is 17.1 Å². The van der Waals surface area contributed by atoms with E-state index in [-0.39, 0.29) is 37.3 Å². The highest BCUT2D eigenvalue weighted by molar-refractivity contribution is 5.96. The molecule has 28 heavy (non-hydrogen) atoms. The molecule has 0 unspecified atom stereocenters. The Morgan fingerprint density at radius 2 is 1.82 bits per heavy atom. The molecule has 0 aliphatic rings. The molecule has 0 saturated heterocycles. The third-order valence-corrected chi connectivity index (χ3v) is 3.86. The quantitative estimate of drug-likeness (QED) is 0.628. The van der Waals surface area contributed by atoms with Crippen molar-refractivity contribution in [2.45, 2.75) is 13.2 Å². The minimum Gasteiger partial charge on any atom is -0.489 e. The number of ether oxygens (including phenoxy) is 1. The summed E-state index contributed by atoms with van der Waals surface area (Å²) in [6.07, 6.45) is 1.52. The van der Waals surface area contributed by atoms with E-state index >= 15 is 0 Å². The highest BCUT2D eigenvalue weighted by atomic mass is 19.1. The SMILES string of the molecule is O=C(CNC(=O)c1cccc(OCc2ccc(F)cc2)c1)NCc1ccco1. The van der Waals surface area contributed by atoms with Gasteiger partial charge in [0.2, 0.25) is 5.91 Å². The van der Waals surface area contributed by atoms with Gasteiger partial charge in [-0.05, 0) is 48.0 Å². The molecule has 0 atom stereocenters. The van der Waals surface area contributed by atoms with Crippen LogP contribution in [0, 0.1) is 5.82 Å². The zero-order valence-electron chi connectivity index (χ0n) is 15.0. The molecule has 1 aromatic heterocycles. The first kappa shape index (κ1) is 19.2. The van der Waals surface area contributed by atoms with Crippen LogP contribution >= 0.6 is 0 Å². The van der Waals surface area contributed by atoms with Crippen molar-refractivity contribution in [3.63, 3.8) is 0 Å². The summed E-state index contributed by atoms with van der Waals surface area (Å²) in [5, 5.41) is 5.20. The fraction of sp³-hybridized carbons (Fsp3) is 0.143. The molecule has 0 bridgehead atoms.